The van der Waals surface area contributed by atoms with Gasteiger partial charge in [-0.2, -0.15) is 4.98 Å². The molecule has 0 spiro atoms. The third-order valence-electron chi connectivity index (χ3n) is 2.82. The smallest absolute Gasteiger partial charge is 0.224 e. The Bertz CT molecular complexity index is 653. The predicted octanol–water partition coefficient (Wildman–Crippen LogP) is 3.92. The zero-order chi connectivity index (χ0) is 15.6. The summed E-state index contributed by atoms with van der Waals surface area (Å²) >= 11 is 3.49. The number of halogens is 1. The molecule has 6 heteroatoms. The first-order valence-electron chi connectivity index (χ1n) is 6.60. The largest absolute Gasteiger partial charge is 0.438 e. The standard InChI is InChI=1S/C15H19BrN4O/c1-9-5-6-11(10(16)7-9)21-13-8-12(20-17)18-14(19-13)15(2,3)4/h5-8H,17H2,1-4H3,(H,18,19,20). The van der Waals surface area contributed by atoms with Crippen LogP contribution in [0.15, 0.2) is 28.7 Å². The van der Waals surface area contributed by atoms with Gasteiger partial charge in [-0.15, -0.1) is 0 Å². The maximum Gasteiger partial charge on any atom is 0.224 e. The summed E-state index contributed by atoms with van der Waals surface area (Å²) in [6.07, 6.45) is 0. The molecule has 2 rings (SSSR count). The topological polar surface area (TPSA) is 73.1 Å². The highest BCUT2D eigenvalue weighted by Crippen LogP contribution is 2.31. The highest BCUT2D eigenvalue weighted by atomic mass is 79.9. The highest BCUT2D eigenvalue weighted by Gasteiger charge is 2.20. The number of hydrogen-bond donors (Lipinski definition) is 2. The summed E-state index contributed by atoms with van der Waals surface area (Å²) in [7, 11) is 0. The molecule has 0 atom stereocenters. The SMILES string of the molecule is Cc1ccc(Oc2cc(NN)nc(C(C)(C)C)n2)c(Br)c1. The summed E-state index contributed by atoms with van der Waals surface area (Å²) in [5, 5.41) is 0. The molecule has 5 nitrogen and oxygen atoms in total. The van der Waals surface area contributed by atoms with Gasteiger partial charge < -0.3 is 10.2 Å². The van der Waals surface area contributed by atoms with Gasteiger partial charge in [0.15, 0.2) is 0 Å². The number of hydrogen-bond acceptors (Lipinski definition) is 5. The Morgan fingerprint density at radius 1 is 1.19 bits per heavy atom. The van der Waals surface area contributed by atoms with Crippen LogP contribution < -0.4 is 16.0 Å². The molecule has 0 aliphatic rings. The monoisotopic (exact) mass is 350 g/mol. The fourth-order valence-electron chi connectivity index (χ4n) is 1.69. The molecule has 21 heavy (non-hydrogen) atoms. The number of nitrogens with one attached hydrogen (secondary N) is 1. The molecule has 112 valence electrons. The molecule has 3 N–H and O–H groups in total. The zero-order valence-electron chi connectivity index (χ0n) is 12.6. The van der Waals surface area contributed by atoms with Crippen molar-refractivity contribution in [3.8, 4) is 11.6 Å². The Balaban J connectivity index is 2.39. The fourth-order valence-corrected chi connectivity index (χ4v) is 2.26. The summed E-state index contributed by atoms with van der Waals surface area (Å²) in [5.74, 6) is 7.80. The van der Waals surface area contributed by atoms with Crippen LogP contribution in [0.3, 0.4) is 0 Å². The molecule has 0 bridgehead atoms. The Kier molecular flexibility index (Phi) is 4.49. The molecular formula is C15H19BrN4O. The van der Waals surface area contributed by atoms with Crippen molar-refractivity contribution in [3.63, 3.8) is 0 Å². The lowest BCUT2D eigenvalue weighted by Gasteiger charge is -2.18. The number of nitrogens with zero attached hydrogens (tertiary/aromatic N) is 2. The Hall–Kier alpha value is -1.66. The van der Waals surface area contributed by atoms with Gasteiger partial charge in [-0.1, -0.05) is 26.8 Å². The number of nitrogens with two attached hydrogens (primary N) is 1. The van der Waals surface area contributed by atoms with Crippen LogP contribution in [-0.2, 0) is 5.41 Å². The summed E-state index contributed by atoms with van der Waals surface area (Å²) in [5.41, 5.74) is 3.50. The van der Waals surface area contributed by atoms with Crippen molar-refractivity contribution in [2.75, 3.05) is 5.43 Å². The third kappa shape index (κ3) is 3.92. The molecule has 0 saturated heterocycles. The average molecular weight is 351 g/mol. The van der Waals surface area contributed by atoms with Gasteiger partial charge in [0.25, 0.3) is 0 Å². The lowest BCUT2D eigenvalue weighted by Crippen LogP contribution is -2.19. The van der Waals surface area contributed by atoms with Gasteiger partial charge in [-0.05, 0) is 40.5 Å². The average Bonchev–Trinajstić information content (AvgIpc) is 2.40. The number of anilines is 1. The summed E-state index contributed by atoms with van der Waals surface area (Å²) in [6.45, 7) is 8.13. The van der Waals surface area contributed by atoms with E-state index in [-0.39, 0.29) is 5.41 Å². The minimum atomic E-state index is -0.199. The molecule has 1 heterocycles. The van der Waals surface area contributed by atoms with Gasteiger partial charge in [-0.3, -0.25) is 0 Å². The van der Waals surface area contributed by atoms with Crippen LogP contribution in [0.5, 0.6) is 11.6 Å². The van der Waals surface area contributed by atoms with Crippen LogP contribution in [0.2, 0.25) is 0 Å². The molecule has 1 aromatic heterocycles. The van der Waals surface area contributed by atoms with Gasteiger partial charge in [-0.25, -0.2) is 10.8 Å². The quantitative estimate of drug-likeness (QED) is 0.648. The van der Waals surface area contributed by atoms with Crippen LogP contribution in [0.1, 0.15) is 32.2 Å². The van der Waals surface area contributed by atoms with Crippen LogP contribution in [0, 0.1) is 6.92 Å². The number of aryl methyl sites for hydroxylation is 1. The van der Waals surface area contributed by atoms with E-state index in [2.05, 4.69) is 31.3 Å². The third-order valence-corrected chi connectivity index (χ3v) is 3.44. The van der Waals surface area contributed by atoms with Crippen molar-refractivity contribution in [2.45, 2.75) is 33.1 Å². The summed E-state index contributed by atoms with van der Waals surface area (Å²) < 4.78 is 6.72. The lowest BCUT2D eigenvalue weighted by atomic mass is 9.96. The lowest BCUT2D eigenvalue weighted by molar-refractivity contribution is 0.444. The first-order chi connectivity index (χ1) is 9.79. The normalized spacial score (nSPS) is 11.3. The van der Waals surface area contributed by atoms with Crippen molar-refractivity contribution in [2.24, 2.45) is 5.84 Å². The highest BCUT2D eigenvalue weighted by molar-refractivity contribution is 9.10. The van der Waals surface area contributed by atoms with E-state index in [1.807, 2.05) is 45.9 Å². The molecule has 0 unspecified atom stereocenters. The Labute approximate surface area is 133 Å². The van der Waals surface area contributed by atoms with Crippen molar-refractivity contribution < 1.29 is 4.74 Å². The number of ether oxygens (including phenoxy) is 1. The van der Waals surface area contributed by atoms with E-state index >= 15 is 0 Å². The second-order valence-electron chi connectivity index (χ2n) is 5.85. The van der Waals surface area contributed by atoms with E-state index in [4.69, 9.17) is 10.6 Å². The molecule has 0 fully saturated rings. The van der Waals surface area contributed by atoms with Gasteiger partial charge in [0.05, 0.1) is 4.47 Å². The van der Waals surface area contributed by atoms with E-state index in [1.165, 1.54) is 0 Å². The van der Waals surface area contributed by atoms with Crippen LogP contribution in [0.25, 0.3) is 0 Å². The van der Waals surface area contributed by atoms with Gasteiger partial charge >= 0.3 is 0 Å². The van der Waals surface area contributed by atoms with Crippen molar-refractivity contribution in [3.05, 3.63) is 40.1 Å². The molecule has 2 aromatic rings. The molecular weight excluding hydrogens is 332 g/mol. The van der Waals surface area contributed by atoms with Gasteiger partial charge in [0.2, 0.25) is 5.88 Å². The van der Waals surface area contributed by atoms with E-state index < -0.39 is 0 Å². The van der Waals surface area contributed by atoms with Gasteiger partial charge in [0, 0.05) is 11.5 Å². The minimum absolute atomic E-state index is 0.199. The number of aromatic nitrogens is 2. The molecule has 0 radical (unpaired) electrons. The Morgan fingerprint density at radius 3 is 2.48 bits per heavy atom. The minimum Gasteiger partial charge on any atom is -0.438 e. The molecule has 0 saturated carbocycles. The zero-order valence-corrected chi connectivity index (χ0v) is 14.2. The number of benzene rings is 1. The van der Waals surface area contributed by atoms with Crippen molar-refractivity contribution >= 4 is 21.7 Å². The van der Waals surface area contributed by atoms with Crippen molar-refractivity contribution in [1.29, 1.82) is 0 Å². The number of nitrogen functional groups attached to an aromatic ring is 1. The predicted molar refractivity (Wildman–Crippen MR) is 87.5 cm³/mol. The fraction of sp³-hybridized carbons (Fsp3) is 0.333. The van der Waals surface area contributed by atoms with Crippen LogP contribution in [0.4, 0.5) is 5.82 Å². The van der Waals surface area contributed by atoms with E-state index in [9.17, 15) is 0 Å². The van der Waals surface area contributed by atoms with E-state index in [0.29, 0.717) is 23.3 Å². The first-order valence-corrected chi connectivity index (χ1v) is 7.39. The summed E-state index contributed by atoms with van der Waals surface area (Å²) in [6, 6.07) is 7.53. The number of hydrazine groups is 1. The number of rotatable bonds is 3. The molecule has 0 aliphatic heterocycles. The maximum absolute atomic E-state index is 5.85. The van der Waals surface area contributed by atoms with E-state index in [0.717, 1.165) is 10.0 Å². The van der Waals surface area contributed by atoms with Gasteiger partial charge in [0.1, 0.15) is 17.4 Å². The maximum atomic E-state index is 5.85. The molecule has 1 aromatic carbocycles. The Morgan fingerprint density at radius 2 is 1.90 bits per heavy atom. The van der Waals surface area contributed by atoms with Crippen molar-refractivity contribution in [1.82, 2.24) is 9.97 Å². The molecule has 0 amide bonds. The van der Waals surface area contributed by atoms with E-state index in [1.54, 1.807) is 6.07 Å². The second kappa shape index (κ2) is 5.99. The first kappa shape index (κ1) is 15.7. The van der Waals surface area contributed by atoms with Crippen LogP contribution >= 0.6 is 15.9 Å². The van der Waals surface area contributed by atoms with Crippen LogP contribution in [-0.4, -0.2) is 9.97 Å². The molecule has 0 aliphatic carbocycles. The second-order valence-corrected chi connectivity index (χ2v) is 6.70. The summed E-state index contributed by atoms with van der Waals surface area (Å²) in [4.78, 5) is 8.82.